The van der Waals surface area contributed by atoms with Crippen molar-refractivity contribution < 1.29 is 9.84 Å². The van der Waals surface area contributed by atoms with E-state index in [2.05, 4.69) is 27.7 Å². The molecular formula is C9H18O2. The molecule has 0 aromatic rings. The minimum absolute atomic E-state index is 0.00174. The summed E-state index contributed by atoms with van der Waals surface area (Å²) in [6.07, 6.45) is 0.208. The molecule has 0 amide bonds. The number of aliphatic hydroxyl groups excluding tert-OH is 1. The fraction of sp³-hybridized carbons (Fsp3) is 1.00. The highest BCUT2D eigenvalue weighted by molar-refractivity contribution is 4.96. The topological polar surface area (TPSA) is 29.5 Å². The van der Waals surface area contributed by atoms with Crippen LogP contribution in [0.2, 0.25) is 0 Å². The van der Waals surface area contributed by atoms with Gasteiger partial charge in [0.15, 0.2) is 0 Å². The Balaban J connectivity index is 2.63. The van der Waals surface area contributed by atoms with E-state index < -0.39 is 0 Å². The van der Waals surface area contributed by atoms with E-state index in [1.165, 1.54) is 0 Å². The van der Waals surface area contributed by atoms with E-state index in [1.807, 2.05) is 0 Å². The minimum Gasteiger partial charge on any atom is -0.396 e. The first-order valence-corrected chi connectivity index (χ1v) is 4.13. The number of hydrogen-bond acceptors (Lipinski definition) is 2. The first-order chi connectivity index (χ1) is 4.90. The van der Waals surface area contributed by atoms with Crippen molar-refractivity contribution in [2.24, 2.45) is 10.8 Å². The third kappa shape index (κ3) is 1.42. The summed E-state index contributed by atoms with van der Waals surface area (Å²) in [5.41, 5.74) is 0.147. The molecular weight excluding hydrogens is 140 g/mol. The lowest BCUT2D eigenvalue weighted by atomic mass is 9.69. The summed E-state index contributed by atoms with van der Waals surface area (Å²) in [4.78, 5) is 0. The zero-order valence-electron chi connectivity index (χ0n) is 7.85. The molecule has 11 heavy (non-hydrogen) atoms. The second kappa shape index (κ2) is 2.46. The molecule has 66 valence electrons. The van der Waals surface area contributed by atoms with Crippen molar-refractivity contribution in [3.05, 3.63) is 0 Å². The van der Waals surface area contributed by atoms with Gasteiger partial charge in [-0.25, -0.2) is 0 Å². The fourth-order valence-electron chi connectivity index (χ4n) is 1.88. The van der Waals surface area contributed by atoms with Crippen molar-refractivity contribution in [2.75, 3.05) is 13.2 Å². The van der Waals surface area contributed by atoms with Crippen LogP contribution in [-0.4, -0.2) is 24.4 Å². The standard InChI is InChI=1S/C9H18O2/c1-8(2,3)7-9(4,5-10)6-11-7/h7,10H,5-6H2,1-4H3. The number of rotatable bonds is 1. The molecule has 1 N–H and O–H groups in total. The molecule has 1 heterocycles. The van der Waals surface area contributed by atoms with Gasteiger partial charge in [-0.15, -0.1) is 0 Å². The van der Waals surface area contributed by atoms with Crippen molar-refractivity contribution in [1.82, 2.24) is 0 Å². The van der Waals surface area contributed by atoms with Crippen LogP contribution in [0.3, 0.4) is 0 Å². The molecule has 1 saturated heterocycles. The van der Waals surface area contributed by atoms with E-state index in [0.717, 1.165) is 0 Å². The molecule has 2 nitrogen and oxygen atoms in total. The monoisotopic (exact) mass is 158 g/mol. The summed E-state index contributed by atoms with van der Waals surface area (Å²) in [7, 11) is 0. The lowest BCUT2D eigenvalue weighted by Gasteiger charge is -2.52. The van der Waals surface area contributed by atoms with Gasteiger partial charge < -0.3 is 9.84 Å². The Morgan fingerprint density at radius 1 is 1.55 bits per heavy atom. The summed E-state index contributed by atoms with van der Waals surface area (Å²) >= 11 is 0. The first kappa shape index (κ1) is 9.01. The van der Waals surface area contributed by atoms with Crippen molar-refractivity contribution in [1.29, 1.82) is 0 Å². The molecule has 0 aromatic heterocycles. The normalized spacial score (nSPS) is 38.5. The average Bonchev–Trinajstić information content (AvgIpc) is 1.80. The number of ether oxygens (including phenoxy) is 1. The van der Waals surface area contributed by atoms with E-state index in [0.29, 0.717) is 6.61 Å². The smallest absolute Gasteiger partial charge is 0.0721 e. The van der Waals surface area contributed by atoms with Gasteiger partial charge in [0.1, 0.15) is 0 Å². The molecule has 2 unspecified atom stereocenters. The Morgan fingerprint density at radius 3 is 2.18 bits per heavy atom. The Kier molecular flexibility index (Phi) is 2.01. The molecule has 0 radical (unpaired) electrons. The van der Waals surface area contributed by atoms with Crippen LogP contribution in [0, 0.1) is 10.8 Å². The molecule has 0 aromatic carbocycles. The Morgan fingerprint density at radius 2 is 2.09 bits per heavy atom. The summed E-state index contributed by atoms with van der Waals surface area (Å²) in [6.45, 7) is 9.44. The molecule has 1 rings (SSSR count). The number of aliphatic hydroxyl groups is 1. The van der Waals surface area contributed by atoms with Gasteiger partial charge in [0.05, 0.1) is 19.3 Å². The zero-order valence-corrected chi connectivity index (χ0v) is 7.85. The first-order valence-electron chi connectivity index (χ1n) is 4.13. The molecule has 1 aliphatic heterocycles. The SMILES string of the molecule is CC(C)(C)C1OCC1(C)CO. The highest BCUT2D eigenvalue weighted by Gasteiger charge is 2.49. The molecule has 0 spiro atoms. The van der Waals surface area contributed by atoms with Crippen LogP contribution in [0.15, 0.2) is 0 Å². The molecule has 2 heteroatoms. The third-order valence-electron chi connectivity index (χ3n) is 2.36. The highest BCUT2D eigenvalue weighted by Crippen LogP contribution is 2.43. The maximum Gasteiger partial charge on any atom is 0.0721 e. The maximum absolute atomic E-state index is 9.10. The van der Waals surface area contributed by atoms with Gasteiger partial charge in [0.2, 0.25) is 0 Å². The third-order valence-corrected chi connectivity index (χ3v) is 2.36. The van der Waals surface area contributed by atoms with Crippen LogP contribution in [-0.2, 0) is 4.74 Å². The Labute approximate surface area is 68.6 Å². The zero-order chi connectivity index (χ0) is 8.70. The van der Waals surface area contributed by atoms with Crippen LogP contribution in [0.25, 0.3) is 0 Å². The lowest BCUT2D eigenvalue weighted by molar-refractivity contribution is -0.234. The summed E-state index contributed by atoms with van der Waals surface area (Å²) in [5, 5.41) is 9.10. The molecule has 0 aliphatic carbocycles. The predicted molar refractivity (Wildman–Crippen MR) is 44.4 cm³/mol. The number of hydrogen-bond donors (Lipinski definition) is 1. The Bertz CT molecular complexity index is 144. The van der Waals surface area contributed by atoms with Gasteiger partial charge in [-0.1, -0.05) is 27.7 Å². The Hall–Kier alpha value is -0.0800. The maximum atomic E-state index is 9.10. The van der Waals surface area contributed by atoms with E-state index in [1.54, 1.807) is 0 Å². The van der Waals surface area contributed by atoms with Gasteiger partial charge in [-0.05, 0) is 5.41 Å². The molecule has 2 atom stereocenters. The van der Waals surface area contributed by atoms with Crippen molar-refractivity contribution in [2.45, 2.75) is 33.8 Å². The minimum atomic E-state index is -0.00174. The summed E-state index contributed by atoms with van der Waals surface area (Å²) in [6, 6.07) is 0. The van der Waals surface area contributed by atoms with Crippen molar-refractivity contribution in [3.63, 3.8) is 0 Å². The van der Waals surface area contributed by atoms with Gasteiger partial charge >= 0.3 is 0 Å². The van der Waals surface area contributed by atoms with Crippen LogP contribution in [0.5, 0.6) is 0 Å². The van der Waals surface area contributed by atoms with Crippen LogP contribution in [0.1, 0.15) is 27.7 Å². The van der Waals surface area contributed by atoms with Gasteiger partial charge in [0, 0.05) is 5.41 Å². The highest BCUT2D eigenvalue weighted by atomic mass is 16.5. The molecule has 0 bridgehead atoms. The van der Waals surface area contributed by atoms with E-state index in [9.17, 15) is 0 Å². The predicted octanol–water partition coefficient (Wildman–Crippen LogP) is 1.43. The van der Waals surface area contributed by atoms with Crippen LogP contribution in [0.4, 0.5) is 0 Å². The molecule has 1 aliphatic rings. The largest absolute Gasteiger partial charge is 0.396 e. The summed E-state index contributed by atoms with van der Waals surface area (Å²) < 4.78 is 5.44. The van der Waals surface area contributed by atoms with Crippen LogP contribution < -0.4 is 0 Å². The average molecular weight is 158 g/mol. The van der Waals surface area contributed by atoms with Crippen molar-refractivity contribution >= 4 is 0 Å². The van der Waals surface area contributed by atoms with Gasteiger partial charge in [0.25, 0.3) is 0 Å². The van der Waals surface area contributed by atoms with E-state index >= 15 is 0 Å². The second-order valence-corrected chi connectivity index (χ2v) is 4.87. The summed E-state index contributed by atoms with van der Waals surface area (Å²) in [5.74, 6) is 0. The quantitative estimate of drug-likeness (QED) is 0.625. The van der Waals surface area contributed by atoms with E-state index in [-0.39, 0.29) is 23.5 Å². The van der Waals surface area contributed by atoms with Crippen molar-refractivity contribution in [3.8, 4) is 0 Å². The lowest BCUT2D eigenvalue weighted by Crippen LogP contribution is -2.58. The van der Waals surface area contributed by atoms with Crippen LogP contribution >= 0.6 is 0 Å². The molecule has 0 saturated carbocycles. The van der Waals surface area contributed by atoms with E-state index in [4.69, 9.17) is 9.84 Å². The molecule has 1 fully saturated rings. The van der Waals surface area contributed by atoms with Gasteiger partial charge in [-0.3, -0.25) is 0 Å². The van der Waals surface area contributed by atoms with Gasteiger partial charge in [-0.2, -0.15) is 0 Å². The second-order valence-electron chi connectivity index (χ2n) is 4.87. The fourth-order valence-corrected chi connectivity index (χ4v) is 1.88.